The molecule has 1 heterocycles. The zero-order valence-electron chi connectivity index (χ0n) is 12.5. The Kier molecular flexibility index (Phi) is 4.25. The number of phenols is 1. The number of nitrogens with zero attached hydrogens (tertiary/aromatic N) is 1. The van der Waals surface area contributed by atoms with Gasteiger partial charge in [0.25, 0.3) is 0 Å². The lowest BCUT2D eigenvalue weighted by Gasteiger charge is -2.05. The number of aromatic amines is 1. The number of rotatable bonds is 6. The highest BCUT2D eigenvalue weighted by molar-refractivity contribution is 5.83. The molecule has 3 rings (SSSR count). The summed E-state index contributed by atoms with van der Waals surface area (Å²) in [6, 6.07) is 12.6. The van der Waals surface area contributed by atoms with E-state index in [1.54, 1.807) is 6.07 Å². The van der Waals surface area contributed by atoms with Crippen LogP contribution in [0.15, 0.2) is 48.7 Å². The molecule has 0 saturated heterocycles. The second kappa shape index (κ2) is 6.50. The Balaban J connectivity index is 1.58. The van der Waals surface area contributed by atoms with Crippen molar-refractivity contribution in [2.75, 3.05) is 6.54 Å². The largest absolute Gasteiger partial charge is 0.502 e. The van der Waals surface area contributed by atoms with Gasteiger partial charge in [0.1, 0.15) is 0 Å². The Hall–Kier alpha value is -2.86. The van der Waals surface area contributed by atoms with E-state index in [2.05, 4.69) is 16.4 Å². The minimum Gasteiger partial charge on any atom is -0.502 e. The van der Waals surface area contributed by atoms with Crippen LogP contribution in [0.3, 0.4) is 0 Å². The molecule has 0 amide bonds. The minimum atomic E-state index is -0.579. The van der Waals surface area contributed by atoms with Gasteiger partial charge in [0.2, 0.25) is 0 Å². The first kappa shape index (κ1) is 15.1. The highest BCUT2D eigenvalue weighted by atomic mass is 16.6. The molecule has 2 aromatic carbocycles. The van der Waals surface area contributed by atoms with Gasteiger partial charge < -0.3 is 15.4 Å². The van der Waals surface area contributed by atoms with Gasteiger partial charge in [-0.2, -0.15) is 0 Å². The molecule has 0 aliphatic rings. The van der Waals surface area contributed by atoms with E-state index < -0.39 is 4.92 Å². The van der Waals surface area contributed by atoms with Crippen molar-refractivity contribution in [3.05, 3.63) is 69.9 Å². The number of phenolic OH excluding ortho intramolecular Hbond substituents is 1. The second-order valence-electron chi connectivity index (χ2n) is 5.37. The van der Waals surface area contributed by atoms with E-state index in [0.29, 0.717) is 6.54 Å². The van der Waals surface area contributed by atoms with E-state index >= 15 is 0 Å². The number of H-pyrrole nitrogens is 1. The molecule has 0 saturated carbocycles. The smallest absolute Gasteiger partial charge is 0.311 e. The van der Waals surface area contributed by atoms with E-state index in [4.69, 9.17) is 0 Å². The lowest BCUT2D eigenvalue weighted by atomic mass is 10.1. The standard InChI is InChI=1S/C17H17N3O3/c21-17-6-5-12(9-16(17)20(22)23)10-18-8-7-13-11-19-15-4-2-1-3-14(13)15/h1-6,9,11,18-19,21H,7-8,10H2. The second-order valence-corrected chi connectivity index (χ2v) is 5.37. The maximum absolute atomic E-state index is 10.8. The van der Waals surface area contributed by atoms with Crippen LogP contribution >= 0.6 is 0 Å². The number of benzene rings is 2. The lowest BCUT2D eigenvalue weighted by molar-refractivity contribution is -0.385. The molecule has 0 fully saturated rings. The summed E-state index contributed by atoms with van der Waals surface area (Å²) in [6.45, 7) is 1.28. The molecule has 0 aliphatic heterocycles. The first-order chi connectivity index (χ1) is 11.1. The topological polar surface area (TPSA) is 91.2 Å². The normalized spacial score (nSPS) is 11.0. The fraction of sp³-hybridized carbons (Fsp3) is 0.176. The highest BCUT2D eigenvalue weighted by Crippen LogP contribution is 2.26. The van der Waals surface area contributed by atoms with Crippen LogP contribution in [0, 0.1) is 10.1 Å². The maximum Gasteiger partial charge on any atom is 0.311 e. The summed E-state index contributed by atoms with van der Waals surface area (Å²) in [5, 5.41) is 24.7. The Morgan fingerprint density at radius 2 is 2.04 bits per heavy atom. The summed E-state index contributed by atoms with van der Waals surface area (Å²) in [5.74, 6) is -0.308. The fourth-order valence-electron chi connectivity index (χ4n) is 2.62. The summed E-state index contributed by atoms with van der Waals surface area (Å²) in [6.07, 6.45) is 2.88. The molecule has 6 heteroatoms. The molecule has 3 aromatic rings. The molecule has 0 unspecified atom stereocenters. The van der Waals surface area contributed by atoms with Crippen molar-refractivity contribution in [3.8, 4) is 5.75 Å². The van der Waals surface area contributed by atoms with Crippen molar-refractivity contribution < 1.29 is 10.0 Å². The zero-order chi connectivity index (χ0) is 16.2. The summed E-state index contributed by atoms with van der Waals surface area (Å²) in [4.78, 5) is 13.5. The third-order valence-electron chi connectivity index (χ3n) is 3.81. The number of aromatic nitrogens is 1. The predicted octanol–water partition coefficient (Wildman–Crippen LogP) is 3.11. The highest BCUT2D eigenvalue weighted by Gasteiger charge is 2.13. The van der Waals surface area contributed by atoms with Crippen LogP contribution in [0.25, 0.3) is 10.9 Å². The summed E-state index contributed by atoms with van der Waals surface area (Å²) in [5.41, 5.74) is 2.87. The summed E-state index contributed by atoms with van der Waals surface area (Å²) >= 11 is 0. The molecule has 1 aromatic heterocycles. The maximum atomic E-state index is 10.8. The predicted molar refractivity (Wildman–Crippen MR) is 88.5 cm³/mol. The van der Waals surface area contributed by atoms with Crippen molar-refractivity contribution in [3.63, 3.8) is 0 Å². The van der Waals surface area contributed by atoms with Gasteiger partial charge in [0.15, 0.2) is 5.75 Å². The monoisotopic (exact) mass is 311 g/mol. The van der Waals surface area contributed by atoms with Crippen molar-refractivity contribution >= 4 is 16.6 Å². The molecule has 0 bridgehead atoms. The van der Waals surface area contributed by atoms with Gasteiger partial charge in [0.05, 0.1) is 4.92 Å². The minimum absolute atomic E-state index is 0.263. The van der Waals surface area contributed by atoms with Crippen LogP contribution in [0.4, 0.5) is 5.69 Å². The molecule has 118 valence electrons. The number of hydrogen-bond donors (Lipinski definition) is 3. The van der Waals surface area contributed by atoms with Crippen molar-refractivity contribution in [2.24, 2.45) is 0 Å². The number of hydrogen-bond acceptors (Lipinski definition) is 4. The van der Waals surface area contributed by atoms with Crippen LogP contribution in [0.5, 0.6) is 5.75 Å². The SMILES string of the molecule is O=[N+]([O-])c1cc(CNCCc2c[nH]c3ccccc23)ccc1O. The van der Waals surface area contributed by atoms with Gasteiger partial charge in [-0.05, 0) is 36.2 Å². The zero-order valence-corrected chi connectivity index (χ0v) is 12.5. The Morgan fingerprint density at radius 3 is 2.87 bits per heavy atom. The molecule has 0 atom stereocenters. The number of nitro groups is 1. The number of nitro benzene ring substituents is 1. The van der Waals surface area contributed by atoms with E-state index in [9.17, 15) is 15.2 Å². The van der Waals surface area contributed by atoms with E-state index in [-0.39, 0.29) is 11.4 Å². The number of para-hydroxylation sites is 1. The Morgan fingerprint density at radius 1 is 1.22 bits per heavy atom. The Labute approximate surface area is 132 Å². The van der Waals surface area contributed by atoms with Crippen LogP contribution in [0.2, 0.25) is 0 Å². The number of fused-ring (bicyclic) bond motifs is 1. The Bertz CT molecular complexity index is 842. The van der Waals surface area contributed by atoms with Crippen molar-refractivity contribution in [2.45, 2.75) is 13.0 Å². The van der Waals surface area contributed by atoms with Gasteiger partial charge in [-0.15, -0.1) is 0 Å². The van der Waals surface area contributed by atoms with E-state index in [1.165, 1.54) is 23.1 Å². The lowest BCUT2D eigenvalue weighted by Crippen LogP contribution is -2.16. The van der Waals surface area contributed by atoms with Gasteiger partial charge in [-0.3, -0.25) is 10.1 Å². The molecule has 3 N–H and O–H groups in total. The van der Waals surface area contributed by atoms with E-state index in [0.717, 1.165) is 24.0 Å². The molecule has 0 spiro atoms. The number of aromatic hydroxyl groups is 1. The van der Waals surface area contributed by atoms with Gasteiger partial charge in [-0.25, -0.2) is 0 Å². The first-order valence-corrected chi connectivity index (χ1v) is 7.37. The quantitative estimate of drug-likeness (QED) is 0.370. The van der Waals surface area contributed by atoms with Crippen LogP contribution in [0.1, 0.15) is 11.1 Å². The molecular weight excluding hydrogens is 294 g/mol. The van der Waals surface area contributed by atoms with Crippen molar-refractivity contribution in [1.29, 1.82) is 0 Å². The summed E-state index contributed by atoms with van der Waals surface area (Å²) < 4.78 is 0. The first-order valence-electron chi connectivity index (χ1n) is 7.37. The van der Waals surface area contributed by atoms with Crippen LogP contribution < -0.4 is 5.32 Å². The van der Waals surface area contributed by atoms with Crippen LogP contribution in [-0.4, -0.2) is 21.6 Å². The van der Waals surface area contributed by atoms with Gasteiger partial charge >= 0.3 is 5.69 Å². The summed E-state index contributed by atoms with van der Waals surface area (Å²) in [7, 11) is 0. The molecule has 0 radical (unpaired) electrons. The number of nitrogens with one attached hydrogen (secondary N) is 2. The van der Waals surface area contributed by atoms with E-state index in [1.807, 2.05) is 24.4 Å². The van der Waals surface area contributed by atoms with Gasteiger partial charge in [0, 0.05) is 29.7 Å². The van der Waals surface area contributed by atoms with Crippen molar-refractivity contribution in [1.82, 2.24) is 10.3 Å². The molecule has 0 aliphatic carbocycles. The third kappa shape index (κ3) is 3.32. The average Bonchev–Trinajstić information content (AvgIpc) is 2.96. The van der Waals surface area contributed by atoms with Crippen LogP contribution in [-0.2, 0) is 13.0 Å². The fourth-order valence-corrected chi connectivity index (χ4v) is 2.62. The average molecular weight is 311 g/mol. The molecular formula is C17H17N3O3. The molecule has 23 heavy (non-hydrogen) atoms. The third-order valence-corrected chi connectivity index (χ3v) is 3.81. The van der Waals surface area contributed by atoms with Gasteiger partial charge in [-0.1, -0.05) is 24.3 Å². The molecule has 6 nitrogen and oxygen atoms in total.